The molecular weight excluding hydrogens is 204 g/mol. The maximum Gasteiger partial charge on any atom is 0.0611 e. The van der Waals surface area contributed by atoms with Gasteiger partial charge >= 0.3 is 0 Å². The van der Waals surface area contributed by atoms with Crippen molar-refractivity contribution in [2.45, 2.75) is 37.8 Å². The quantitative estimate of drug-likeness (QED) is 0.628. The van der Waals surface area contributed by atoms with Gasteiger partial charge in [-0.2, -0.15) is 0 Å². The summed E-state index contributed by atoms with van der Waals surface area (Å²) in [6.07, 6.45) is 3.62. The van der Waals surface area contributed by atoms with E-state index in [1.54, 1.807) is 7.11 Å². The molecule has 0 radical (unpaired) electrons. The van der Waals surface area contributed by atoms with Crippen molar-refractivity contribution in [3.8, 4) is 0 Å². The van der Waals surface area contributed by atoms with E-state index in [4.69, 9.17) is 15.2 Å². The fraction of sp³-hybridized carbons (Fsp3) is 1.00. The summed E-state index contributed by atoms with van der Waals surface area (Å²) in [6, 6.07) is 0. The van der Waals surface area contributed by atoms with Gasteiger partial charge < -0.3 is 15.2 Å². The van der Waals surface area contributed by atoms with E-state index in [9.17, 15) is 0 Å². The summed E-state index contributed by atoms with van der Waals surface area (Å²) in [6.45, 7) is 5.44. The first kappa shape index (κ1) is 13.9. The molecule has 0 spiro atoms. The van der Waals surface area contributed by atoms with Crippen molar-refractivity contribution in [3.05, 3.63) is 0 Å². The van der Waals surface area contributed by atoms with Crippen LogP contribution in [0.3, 0.4) is 0 Å². The first-order valence-electron chi connectivity index (χ1n) is 6.20. The molecule has 0 saturated heterocycles. The number of likely N-dealkylation sites (N-methyl/N-ethyl adjacent to an activating group) is 1. The number of ether oxygens (including phenoxy) is 2. The SMILES string of the molecule is CCOC1CC(CN)(N(C)CCCOC)C1. The van der Waals surface area contributed by atoms with E-state index >= 15 is 0 Å². The van der Waals surface area contributed by atoms with Crippen LogP contribution < -0.4 is 5.73 Å². The van der Waals surface area contributed by atoms with Crippen LogP contribution in [-0.2, 0) is 9.47 Å². The molecule has 2 N–H and O–H groups in total. The molecule has 4 heteroatoms. The highest BCUT2D eigenvalue weighted by Gasteiger charge is 2.46. The predicted molar refractivity (Wildman–Crippen MR) is 65.6 cm³/mol. The fourth-order valence-electron chi connectivity index (χ4n) is 2.46. The average molecular weight is 230 g/mol. The van der Waals surface area contributed by atoms with Crippen LogP contribution in [0.5, 0.6) is 0 Å². The lowest BCUT2D eigenvalue weighted by Crippen LogP contribution is -2.63. The lowest BCUT2D eigenvalue weighted by Gasteiger charge is -2.52. The highest BCUT2D eigenvalue weighted by atomic mass is 16.5. The number of methoxy groups -OCH3 is 1. The number of hydrogen-bond acceptors (Lipinski definition) is 4. The molecule has 0 aromatic heterocycles. The summed E-state index contributed by atoms with van der Waals surface area (Å²) in [5.74, 6) is 0. The minimum absolute atomic E-state index is 0.174. The Morgan fingerprint density at radius 2 is 2.12 bits per heavy atom. The Hall–Kier alpha value is -0.160. The molecule has 1 saturated carbocycles. The second-order valence-electron chi connectivity index (χ2n) is 4.68. The molecule has 0 heterocycles. The molecule has 1 aliphatic carbocycles. The Labute approximate surface area is 99.1 Å². The lowest BCUT2D eigenvalue weighted by molar-refractivity contribution is -0.0930. The summed E-state index contributed by atoms with van der Waals surface area (Å²) in [5.41, 5.74) is 6.08. The zero-order valence-electron chi connectivity index (χ0n) is 10.9. The maximum absolute atomic E-state index is 5.90. The third kappa shape index (κ3) is 3.17. The van der Waals surface area contributed by atoms with Crippen LogP contribution in [0.1, 0.15) is 26.2 Å². The van der Waals surface area contributed by atoms with Crippen LogP contribution in [0, 0.1) is 0 Å². The molecule has 0 aliphatic heterocycles. The van der Waals surface area contributed by atoms with E-state index in [1.807, 2.05) is 6.92 Å². The summed E-state index contributed by atoms with van der Waals surface area (Å²) in [4.78, 5) is 2.38. The molecule has 0 amide bonds. The molecule has 96 valence electrons. The van der Waals surface area contributed by atoms with Gasteiger partial charge in [-0.05, 0) is 33.2 Å². The third-order valence-corrected chi connectivity index (χ3v) is 3.65. The predicted octanol–water partition coefficient (Wildman–Crippen LogP) is 0.851. The molecule has 1 rings (SSSR count). The molecule has 16 heavy (non-hydrogen) atoms. The van der Waals surface area contributed by atoms with Crippen molar-refractivity contribution >= 4 is 0 Å². The largest absolute Gasteiger partial charge is 0.385 e. The molecule has 0 bridgehead atoms. The third-order valence-electron chi connectivity index (χ3n) is 3.65. The molecule has 0 unspecified atom stereocenters. The zero-order valence-corrected chi connectivity index (χ0v) is 10.9. The Kier molecular flexibility index (Phi) is 5.69. The van der Waals surface area contributed by atoms with Crippen LogP contribution in [-0.4, -0.2) is 57.0 Å². The van der Waals surface area contributed by atoms with Crippen molar-refractivity contribution in [1.82, 2.24) is 4.90 Å². The summed E-state index contributed by atoms with van der Waals surface area (Å²) >= 11 is 0. The molecular formula is C12H26N2O2. The van der Waals surface area contributed by atoms with Gasteiger partial charge in [-0.15, -0.1) is 0 Å². The van der Waals surface area contributed by atoms with Gasteiger partial charge in [0.2, 0.25) is 0 Å². The van der Waals surface area contributed by atoms with Crippen LogP contribution in [0.4, 0.5) is 0 Å². The smallest absolute Gasteiger partial charge is 0.0611 e. The normalized spacial score (nSPS) is 29.4. The molecule has 1 fully saturated rings. The van der Waals surface area contributed by atoms with Crippen molar-refractivity contribution in [1.29, 1.82) is 0 Å². The van der Waals surface area contributed by atoms with E-state index in [0.717, 1.165) is 45.6 Å². The van der Waals surface area contributed by atoms with E-state index in [-0.39, 0.29) is 5.54 Å². The van der Waals surface area contributed by atoms with Crippen molar-refractivity contribution in [3.63, 3.8) is 0 Å². The van der Waals surface area contributed by atoms with E-state index in [2.05, 4.69) is 11.9 Å². The van der Waals surface area contributed by atoms with Crippen molar-refractivity contribution < 1.29 is 9.47 Å². The lowest BCUT2D eigenvalue weighted by atomic mass is 9.73. The van der Waals surface area contributed by atoms with E-state index < -0.39 is 0 Å². The zero-order chi connectivity index (χ0) is 12.0. The summed E-state index contributed by atoms with van der Waals surface area (Å²) in [5, 5.41) is 0. The van der Waals surface area contributed by atoms with Gasteiger partial charge in [0.05, 0.1) is 6.10 Å². The Bertz CT molecular complexity index is 193. The monoisotopic (exact) mass is 230 g/mol. The fourth-order valence-corrected chi connectivity index (χ4v) is 2.46. The Balaban J connectivity index is 2.31. The van der Waals surface area contributed by atoms with Crippen molar-refractivity contribution in [2.75, 3.05) is 40.5 Å². The van der Waals surface area contributed by atoms with Gasteiger partial charge in [-0.25, -0.2) is 0 Å². The molecule has 4 nitrogen and oxygen atoms in total. The summed E-state index contributed by atoms with van der Waals surface area (Å²) < 4.78 is 10.7. The highest BCUT2D eigenvalue weighted by molar-refractivity contribution is 5.03. The maximum atomic E-state index is 5.90. The van der Waals surface area contributed by atoms with Gasteiger partial charge in [-0.3, -0.25) is 4.90 Å². The first-order valence-corrected chi connectivity index (χ1v) is 6.20. The molecule has 0 aromatic rings. The molecule has 0 aromatic carbocycles. The second-order valence-corrected chi connectivity index (χ2v) is 4.68. The summed E-state index contributed by atoms with van der Waals surface area (Å²) in [7, 11) is 3.90. The van der Waals surface area contributed by atoms with E-state index in [1.165, 1.54) is 0 Å². The van der Waals surface area contributed by atoms with Gasteiger partial charge in [0.1, 0.15) is 0 Å². The van der Waals surface area contributed by atoms with Gasteiger partial charge in [0.25, 0.3) is 0 Å². The molecule has 1 aliphatic rings. The van der Waals surface area contributed by atoms with Gasteiger partial charge in [-0.1, -0.05) is 0 Å². The van der Waals surface area contributed by atoms with Crippen LogP contribution in [0.15, 0.2) is 0 Å². The Morgan fingerprint density at radius 3 is 2.62 bits per heavy atom. The van der Waals surface area contributed by atoms with Crippen molar-refractivity contribution in [2.24, 2.45) is 5.73 Å². The van der Waals surface area contributed by atoms with E-state index in [0.29, 0.717) is 6.10 Å². The molecule has 0 atom stereocenters. The standard InChI is InChI=1S/C12H26N2O2/c1-4-16-11-8-12(9-11,10-13)14(2)6-5-7-15-3/h11H,4-10,13H2,1-3H3. The second kappa shape index (κ2) is 6.55. The highest BCUT2D eigenvalue weighted by Crippen LogP contribution is 2.38. The minimum atomic E-state index is 0.174. The number of rotatable bonds is 8. The minimum Gasteiger partial charge on any atom is -0.385 e. The Morgan fingerprint density at radius 1 is 1.44 bits per heavy atom. The number of nitrogens with zero attached hydrogens (tertiary/aromatic N) is 1. The van der Waals surface area contributed by atoms with Crippen LogP contribution in [0.2, 0.25) is 0 Å². The van der Waals surface area contributed by atoms with Crippen LogP contribution >= 0.6 is 0 Å². The topological polar surface area (TPSA) is 47.7 Å². The number of hydrogen-bond donors (Lipinski definition) is 1. The first-order chi connectivity index (χ1) is 7.68. The van der Waals surface area contributed by atoms with Gasteiger partial charge in [0.15, 0.2) is 0 Å². The number of nitrogens with two attached hydrogens (primary N) is 1. The van der Waals surface area contributed by atoms with Gasteiger partial charge in [0, 0.05) is 39.0 Å². The van der Waals surface area contributed by atoms with Crippen LogP contribution in [0.25, 0.3) is 0 Å². The average Bonchev–Trinajstić information content (AvgIpc) is 2.23.